The molecule has 0 saturated heterocycles. The van der Waals surface area contributed by atoms with E-state index in [0.717, 1.165) is 27.7 Å². The highest BCUT2D eigenvalue weighted by Gasteiger charge is 2.23. The number of fused-ring (bicyclic) bond motifs is 2. The van der Waals surface area contributed by atoms with Gasteiger partial charge < -0.3 is 9.72 Å². The number of hydrogen-bond acceptors (Lipinski definition) is 3. The van der Waals surface area contributed by atoms with E-state index in [-0.39, 0.29) is 5.91 Å². The Bertz CT molecular complexity index is 1500. The third-order valence-corrected chi connectivity index (χ3v) is 6.40. The first kappa shape index (κ1) is 23.1. The summed E-state index contributed by atoms with van der Waals surface area (Å²) in [6.45, 7) is 4.92. The van der Waals surface area contributed by atoms with Crippen LogP contribution in [0.4, 0.5) is 0 Å². The summed E-state index contributed by atoms with van der Waals surface area (Å²) in [7, 11) is 0. The average molecular weight is 486 g/mol. The summed E-state index contributed by atoms with van der Waals surface area (Å²) in [5, 5.41) is 10.2. The quantitative estimate of drug-likeness (QED) is 0.310. The number of hydrogen-bond donors (Lipinski definition) is 1. The Balaban J connectivity index is 0.00000124. The van der Waals surface area contributed by atoms with Crippen molar-refractivity contribution < 1.29 is 4.79 Å². The van der Waals surface area contributed by atoms with Crippen LogP contribution in [-0.4, -0.2) is 25.1 Å². The summed E-state index contributed by atoms with van der Waals surface area (Å²) in [4.78, 5) is 17.4. The zero-order valence-electron chi connectivity index (χ0n) is 19.9. The molecule has 3 aromatic heterocycles. The molecule has 0 radical (unpaired) electrons. The standard InChI is InChI=1S/C26H22ClN5O.C2H6/c27-22-8-6-18-2-1-3-19(24(18)10-22)11-28-26(33)21-12-29-32(14-21)16-23-15-31-13-20(17-4-5-17)7-9-25(31)30-23;1-2/h1-3,6-10,12-15,17H,4-5,11,16H2,(H,28,33);1-2H3. The SMILES string of the molecule is CC.O=C(NCc1cccc2ccc(Cl)cc12)c1cnn(Cc2cn3cc(C4CC4)ccc3n2)c1. The highest BCUT2D eigenvalue weighted by Crippen LogP contribution is 2.39. The Labute approximate surface area is 209 Å². The van der Waals surface area contributed by atoms with Gasteiger partial charge in [0, 0.05) is 30.2 Å². The second kappa shape index (κ2) is 9.92. The van der Waals surface area contributed by atoms with Crippen molar-refractivity contribution in [1.82, 2.24) is 24.5 Å². The fourth-order valence-electron chi connectivity index (χ4n) is 4.27. The minimum Gasteiger partial charge on any atom is -0.348 e. The molecule has 5 aromatic rings. The molecule has 1 N–H and O–H groups in total. The van der Waals surface area contributed by atoms with E-state index in [4.69, 9.17) is 11.6 Å². The van der Waals surface area contributed by atoms with Crippen LogP contribution in [-0.2, 0) is 13.1 Å². The van der Waals surface area contributed by atoms with Crippen molar-refractivity contribution >= 4 is 33.9 Å². The van der Waals surface area contributed by atoms with Crippen molar-refractivity contribution in [2.75, 3.05) is 0 Å². The minimum atomic E-state index is -0.163. The van der Waals surface area contributed by atoms with Gasteiger partial charge in [0.15, 0.2) is 0 Å². The number of nitrogens with zero attached hydrogens (tertiary/aromatic N) is 4. The van der Waals surface area contributed by atoms with Crippen LogP contribution in [0.25, 0.3) is 16.4 Å². The third-order valence-electron chi connectivity index (χ3n) is 6.17. The van der Waals surface area contributed by atoms with Crippen LogP contribution in [0, 0.1) is 0 Å². The third kappa shape index (κ3) is 5.08. The van der Waals surface area contributed by atoms with Gasteiger partial charge in [-0.15, -0.1) is 0 Å². The van der Waals surface area contributed by atoms with Gasteiger partial charge in [-0.1, -0.05) is 55.8 Å². The predicted octanol–water partition coefficient (Wildman–Crippen LogP) is 6.22. The molecule has 1 saturated carbocycles. The van der Waals surface area contributed by atoms with Crippen LogP contribution < -0.4 is 5.32 Å². The second-order valence-electron chi connectivity index (χ2n) is 8.63. The Morgan fingerprint density at radius 3 is 2.77 bits per heavy atom. The van der Waals surface area contributed by atoms with Crippen molar-refractivity contribution in [3.63, 3.8) is 0 Å². The van der Waals surface area contributed by atoms with Gasteiger partial charge in [0.1, 0.15) is 5.65 Å². The van der Waals surface area contributed by atoms with E-state index < -0.39 is 0 Å². The molecule has 1 aliphatic carbocycles. The molecule has 0 atom stereocenters. The molecule has 0 bridgehead atoms. The van der Waals surface area contributed by atoms with Crippen molar-refractivity contribution in [3.8, 4) is 0 Å². The van der Waals surface area contributed by atoms with Crippen LogP contribution in [0.5, 0.6) is 0 Å². The van der Waals surface area contributed by atoms with E-state index in [9.17, 15) is 4.79 Å². The lowest BCUT2D eigenvalue weighted by Gasteiger charge is -2.08. The Kier molecular flexibility index (Phi) is 6.55. The molecule has 3 heterocycles. The lowest BCUT2D eigenvalue weighted by Crippen LogP contribution is -2.22. The summed E-state index contributed by atoms with van der Waals surface area (Å²) < 4.78 is 3.83. The molecular formula is C28H28ClN5O. The number of carbonyl (C=O) groups excluding carboxylic acids is 1. The molecule has 1 aliphatic rings. The maximum absolute atomic E-state index is 12.7. The van der Waals surface area contributed by atoms with Crippen LogP contribution in [0.15, 0.2) is 73.3 Å². The molecule has 0 unspecified atom stereocenters. The van der Waals surface area contributed by atoms with Crippen molar-refractivity contribution in [1.29, 1.82) is 0 Å². The number of aromatic nitrogens is 4. The van der Waals surface area contributed by atoms with Gasteiger partial charge in [0.25, 0.3) is 5.91 Å². The average Bonchev–Trinajstić information content (AvgIpc) is 3.50. The van der Waals surface area contributed by atoms with E-state index >= 15 is 0 Å². The second-order valence-corrected chi connectivity index (χ2v) is 9.06. The van der Waals surface area contributed by atoms with E-state index in [1.54, 1.807) is 17.1 Å². The van der Waals surface area contributed by atoms with Gasteiger partial charge in [0.05, 0.1) is 24.0 Å². The maximum atomic E-state index is 12.7. The largest absolute Gasteiger partial charge is 0.348 e. The topological polar surface area (TPSA) is 64.2 Å². The summed E-state index contributed by atoms with van der Waals surface area (Å²) in [6.07, 6.45) is 10.1. The van der Waals surface area contributed by atoms with Crippen LogP contribution in [0.1, 0.15) is 59.8 Å². The van der Waals surface area contributed by atoms with E-state index in [1.165, 1.54) is 18.4 Å². The Morgan fingerprint density at radius 2 is 1.94 bits per heavy atom. The molecule has 6 rings (SSSR count). The van der Waals surface area contributed by atoms with Gasteiger partial charge in [-0.2, -0.15) is 5.10 Å². The van der Waals surface area contributed by atoms with Crippen LogP contribution in [0.3, 0.4) is 0 Å². The number of halogens is 1. The molecular weight excluding hydrogens is 458 g/mol. The summed E-state index contributed by atoms with van der Waals surface area (Å²) >= 11 is 6.16. The molecule has 0 spiro atoms. The first-order valence-electron chi connectivity index (χ1n) is 12.1. The monoisotopic (exact) mass is 485 g/mol. The fraction of sp³-hybridized carbons (Fsp3) is 0.250. The molecule has 2 aromatic carbocycles. The Hall–Kier alpha value is -3.64. The van der Waals surface area contributed by atoms with Crippen LogP contribution >= 0.6 is 11.6 Å². The first-order chi connectivity index (χ1) is 17.1. The smallest absolute Gasteiger partial charge is 0.254 e. The zero-order chi connectivity index (χ0) is 24.4. The van der Waals surface area contributed by atoms with E-state index in [2.05, 4.69) is 38.1 Å². The number of pyridine rings is 1. The lowest BCUT2D eigenvalue weighted by molar-refractivity contribution is 0.0951. The molecule has 6 nitrogen and oxygen atoms in total. The molecule has 0 aliphatic heterocycles. The number of nitrogens with one attached hydrogen (secondary N) is 1. The maximum Gasteiger partial charge on any atom is 0.254 e. The molecule has 7 heteroatoms. The number of rotatable bonds is 6. The normalized spacial score (nSPS) is 13.0. The number of benzene rings is 2. The molecule has 1 amide bonds. The predicted molar refractivity (Wildman–Crippen MR) is 140 cm³/mol. The zero-order valence-corrected chi connectivity index (χ0v) is 20.7. The molecule has 178 valence electrons. The first-order valence-corrected chi connectivity index (χ1v) is 12.5. The molecule has 35 heavy (non-hydrogen) atoms. The van der Waals surface area contributed by atoms with Crippen molar-refractivity contribution in [2.24, 2.45) is 0 Å². The van der Waals surface area contributed by atoms with Gasteiger partial charge in [-0.05, 0) is 58.9 Å². The summed E-state index contributed by atoms with van der Waals surface area (Å²) in [6, 6.07) is 16.0. The fourth-order valence-corrected chi connectivity index (χ4v) is 4.44. The summed E-state index contributed by atoms with van der Waals surface area (Å²) in [5.74, 6) is 0.544. The lowest BCUT2D eigenvalue weighted by atomic mass is 10.0. The van der Waals surface area contributed by atoms with Crippen molar-refractivity contribution in [3.05, 3.63) is 101 Å². The Morgan fingerprint density at radius 1 is 1.09 bits per heavy atom. The number of carbonyl (C=O) groups is 1. The van der Waals surface area contributed by atoms with Crippen molar-refractivity contribution in [2.45, 2.75) is 45.7 Å². The van der Waals surface area contributed by atoms with Gasteiger partial charge in [-0.25, -0.2) is 4.98 Å². The number of imidazole rings is 1. The van der Waals surface area contributed by atoms with E-state index in [1.807, 2.05) is 56.4 Å². The van der Waals surface area contributed by atoms with E-state index in [0.29, 0.717) is 29.6 Å². The highest BCUT2D eigenvalue weighted by molar-refractivity contribution is 6.31. The van der Waals surface area contributed by atoms with Crippen LogP contribution in [0.2, 0.25) is 5.02 Å². The van der Waals surface area contributed by atoms with Gasteiger partial charge in [0.2, 0.25) is 0 Å². The summed E-state index contributed by atoms with van der Waals surface area (Å²) in [5.41, 5.74) is 4.75. The highest BCUT2D eigenvalue weighted by atomic mass is 35.5. The van der Waals surface area contributed by atoms with Gasteiger partial charge >= 0.3 is 0 Å². The van der Waals surface area contributed by atoms with Gasteiger partial charge in [-0.3, -0.25) is 9.48 Å². The minimum absolute atomic E-state index is 0.163. The number of amides is 1. The molecule has 1 fully saturated rings.